The standard InChI is InChI=1S/C35H31F2N9O3/c1-19(2)10-30(44(3)32(47)28-14-23-25(37)12-21(36)13-27(23)40-28)33(48)45-18-35(15-22(45)16-38)24-11-20(7-8-26(24)41-34(35)49)29-17-46(43-42-29)31-6-4-5-9-39-31/h4-9,11-14,17,19,22,30,40H,10,15,18H2,1-3H3,(H,41,49)/t22-,30-,35-/m0/s1. The van der Waals surface area contributed by atoms with Gasteiger partial charge in [-0.2, -0.15) is 5.26 Å². The smallest absolute Gasteiger partial charge is 0.270 e. The molecule has 3 amide bonds. The summed E-state index contributed by atoms with van der Waals surface area (Å²) in [5.41, 5.74) is 1.31. The first-order chi connectivity index (χ1) is 23.5. The van der Waals surface area contributed by atoms with E-state index in [1.165, 1.54) is 22.9 Å². The van der Waals surface area contributed by atoms with Gasteiger partial charge in [0.1, 0.15) is 35.1 Å². The molecule has 12 nitrogen and oxygen atoms in total. The number of carbonyl (C=O) groups excluding carboxylic acids is 3. The second-order valence-corrected chi connectivity index (χ2v) is 12.9. The van der Waals surface area contributed by atoms with Crippen molar-refractivity contribution in [2.45, 2.75) is 44.2 Å². The second kappa shape index (κ2) is 11.9. The molecule has 2 N–H and O–H groups in total. The summed E-state index contributed by atoms with van der Waals surface area (Å²) in [6.07, 6.45) is 3.68. The number of rotatable bonds is 7. The molecule has 3 aromatic heterocycles. The van der Waals surface area contributed by atoms with E-state index in [4.69, 9.17) is 0 Å². The van der Waals surface area contributed by atoms with Crippen molar-refractivity contribution in [1.82, 2.24) is 34.8 Å². The van der Waals surface area contributed by atoms with Crippen molar-refractivity contribution in [2.24, 2.45) is 5.92 Å². The van der Waals surface area contributed by atoms with Crippen LogP contribution in [0.1, 0.15) is 42.7 Å². The number of nitrogens with one attached hydrogen (secondary N) is 2. The van der Waals surface area contributed by atoms with Crippen LogP contribution in [0, 0.1) is 28.9 Å². The molecular weight excluding hydrogens is 632 g/mol. The lowest BCUT2D eigenvalue weighted by molar-refractivity contribution is -0.136. The van der Waals surface area contributed by atoms with Crippen LogP contribution < -0.4 is 5.32 Å². The first-order valence-electron chi connectivity index (χ1n) is 15.7. The highest BCUT2D eigenvalue weighted by Crippen LogP contribution is 2.48. The average Bonchev–Trinajstić information content (AvgIpc) is 3.88. The van der Waals surface area contributed by atoms with Gasteiger partial charge in [0.25, 0.3) is 5.91 Å². The average molecular weight is 664 g/mol. The Bertz CT molecular complexity index is 2170. The minimum atomic E-state index is -1.22. The van der Waals surface area contributed by atoms with E-state index < -0.39 is 40.9 Å². The molecule has 2 aliphatic heterocycles. The van der Waals surface area contributed by atoms with Crippen LogP contribution in [0.15, 0.2) is 67.0 Å². The number of H-pyrrole nitrogens is 1. The molecule has 0 saturated carbocycles. The zero-order valence-corrected chi connectivity index (χ0v) is 26.8. The highest BCUT2D eigenvalue weighted by molar-refractivity contribution is 6.08. The number of aromatic nitrogens is 5. The number of carbonyl (C=O) groups is 3. The van der Waals surface area contributed by atoms with Gasteiger partial charge in [0.15, 0.2) is 5.82 Å². The molecule has 1 spiro atoms. The molecule has 5 heterocycles. The number of hydrogen-bond donors (Lipinski definition) is 2. The summed E-state index contributed by atoms with van der Waals surface area (Å²) in [4.78, 5) is 51.5. The Morgan fingerprint density at radius 1 is 1.16 bits per heavy atom. The molecule has 5 aromatic rings. The van der Waals surface area contributed by atoms with Crippen molar-refractivity contribution < 1.29 is 23.2 Å². The van der Waals surface area contributed by atoms with Gasteiger partial charge >= 0.3 is 0 Å². The third-order valence-electron chi connectivity index (χ3n) is 9.33. The molecule has 0 aliphatic carbocycles. The van der Waals surface area contributed by atoms with Crippen molar-refractivity contribution >= 4 is 34.3 Å². The van der Waals surface area contributed by atoms with Gasteiger partial charge in [-0.3, -0.25) is 14.4 Å². The zero-order valence-electron chi connectivity index (χ0n) is 26.8. The number of aromatic amines is 1. The Morgan fingerprint density at radius 2 is 1.98 bits per heavy atom. The van der Waals surface area contributed by atoms with E-state index in [0.29, 0.717) is 28.3 Å². The summed E-state index contributed by atoms with van der Waals surface area (Å²) in [5, 5.41) is 21.7. The van der Waals surface area contributed by atoms with Crippen LogP contribution in [0.2, 0.25) is 0 Å². The normalized spacial score (nSPS) is 18.9. The molecule has 0 bridgehead atoms. The van der Waals surface area contributed by atoms with Crippen LogP contribution in [0.25, 0.3) is 28.0 Å². The fraction of sp³-hybridized carbons (Fsp3) is 0.286. The number of halogens is 2. The Hall–Kier alpha value is -5.97. The molecule has 1 fully saturated rings. The molecule has 7 rings (SSSR count). The molecule has 49 heavy (non-hydrogen) atoms. The predicted molar refractivity (Wildman–Crippen MR) is 174 cm³/mol. The van der Waals surface area contributed by atoms with Crippen LogP contribution in [0.3, 0.4) is 0 Å². The minimum absolute atomic E-state index is 0.0186. The van der Waals surface area contributed by atoms with Crippen molar-refractivity contribution in [1.29, 1.82) is 5.26 Å². The molecule has 3 atom stereocenters. The van der Waals surface area contributed by atoms with E-state index in [1.807, 2.05) is 32.0 Å². The number of likely N-dealkylation sites (N-methyl/N-ethyl adjacent to an activating group) is 1. The number of anilines is 1. The van der Waals surface area contributed by atoms with Gasteiger partial charge in [0.05, 0.1) is 23.2 Å². The van der Waals surface area contributed by atoms with Crippen molar-refractivity contribution in [3.8, 4) is 23.1 Å². The van der Waals surface area contributed by atoms with E-state index in [0.717, 1.165) is 12.1 Å². The third-order valence-corrected chi connectivity index (χ3v) is 9.33. The van der Waals surface area contributed by atoms with Crippen molar-refractivity contribution in [3.63, 3.8) is 0 Å². The largest absolute Gasteiger partial charge is 0.350 e. The molecule has 1 saturated heterocycles. The Kier molecular flexibility index (Phi) is 7.70. The maximum absolute atomic E-state index is 14.4. The molecular formula is C35H31F2N9O3. The molecule has 0 radical (unpaired) electrons. The number of nitriles is 1. The van der Waals surface area contributed by atoms with E-state index in [2.05, 4.69) is 31.7 Å². The van der Waals surface area contributed by atoms with Crippen LogP contribution in [0.5, 0.6) is 0 Å². The summed E-state index contributed by atoms with van der Waals surface area (Å²) in [5.74, 6) is -2.49. The maximum atomic E-state index is 14.4. The van der Waals surface area contributed by atoms with Gasteiger partial charge in [0.2, 0.25) is 11.8 Å². The number of benzene rings is 2. The first kappa shape index (κ1) is 31.6. The van der Waals surface area contributed by atoms with Crippen LogP contribution >= 0.6 is 0 Å². The van der Waals surface area contributed by atoms with Gasteiger partial charge in [-0.25, -0.2) is 18.4 Å². The first-order valence-corrected chi connectivity index (χ1v) is 15.7. The minimum Gasteiger partial charge on any atom is -0.350 e. The number of fused-ring (bicyclic) bond motifs is 3. The molecule has 2 aliphatic rings. The SMILES string of the molecule is CC(C)C[C@@H](C(=O)N1C[C@]2(C[C@H]1C#N)C(=O)Nc1ccc(-c3cn(-c4ccccn4)nn3)cc12)N(C)C(=O)c1cc2c(F)cc(F)cc2[nH]1. The summed E-state index contributed by atoms with van der Waals surface area (Å²) < 4.78 is 29.8. The lowest BCUT2D eigenvalue weighted by Gasteiger charge is -2.33. The van der Waals surface area contributed by atoms with E-state index in [-0.39, 0.29) is 47.8 Å². The van der Waals surface area contributed by atoms with Gasteiger partial charge in [0, 0.05) is 48.9 Å². The Balaban J connectivity index is 1.19. The summed E-state index contributed by atoms with van der Waals surface area (Å²) >= 11 is 0. The second-order valence-electron chi connectivity index (χ2n) is 12.9. The predicted octanol–water partition coefficient (Wildman–Crippen LogP) is 4.59. The molecule has 0 unspecified atom stereocenters. The topological polar surface area (TPSA) is 153 Å². The van der Waals surface area contributed by atoms with E-state index in [9.17, 15) is 28.4 Å². The molecule has 14 heteroatoms. The van der Waals surface area contributed by atoms with E-state index in [1.54, 1.807) is 35.3 Å². The molecule has 2 aromatic carbocycles. The van der Waals surface area contributed by atoms with Crippen molar-refractivity contribution in [2.75, 3.05) is 18.9 Å². The number of likely N-dealkylation sites (tertiary alicyclic amines) is 1. The van der Waals surface area contributed by atoms with Gasteiger partial charge in [-0.1, -0.05) is 31.2 Å². The Labute approximate surface area is 279 Å². The van der Waals surface area contributed by atoms with Gasteiger partial charge < -0.3 is 20.1 Å². The highest BCUT2D eigenvalue weighted by Gasteiger charge is 2.57. The lowest BCUT2D eigenvalue weighted by atomic mass is 9.79. The fourth-order valence-electron chi connectivity index (χ4n) is 6.85. The number of amides is 3. The lowest BCUT2D eigenvalue weighted by Crippen LogP contribution is -2.52. The van der Waals surface area contributed by atoms with Crippen LogP contribution in [-0.2, 0) is 15.0 Å². The highest BCUT2D eigenvalue weighted by atomic mass is 19.1. The Morgan fingerprint density at radius 3 is 2.71 bits per heavy atom. The summed E-state index contributed by atoms with van der Waals surface area (Å²) in [7, 11) is 1.46. The van der Waals surface area contributed by atoms with Crippen LogP contribution in [0.4, 0.5) is 14.5 Å². The van der Waals surface area contributed by atoms with Crippen LogP contribution in [-0.4, -0.2) is 78.2 Å². The third kappa shape index (κ3) is 5.37. The number of nitrogens with zero attached hydrogens (tertiary/aromatic N) is 7. The van der Waals surface area contributed by atoms with Gasteiger partial charge in [-0.05, 0) is 54.3 Å². The van der Waals surface area contributed by atoms with Crippen molar-refractivity contribution in [3.05, 3.63) is 89.9 Å². The van der Waals surface area contributed by atoms with Gasteiger partial charge in [-0.15, -0.1) is 5.10 Å². The number of hydrogen-bond acceptors (Lipinski definition) is 7. The fourth-order valence-corrected chi connectivity index (χ4v) is 6.85. The van der Waals surface area contributed by atoms with E-state index >= 15 is 0 Å². The summed E-state index contributed by atoms with van der Waals surface area (Å²) in [6.45, 7) is 3.72. The quantitative estimate of drug-likeness (QED) is 0.258. The molecule has 248 valence electrons. The summed E-state index contributed by atoms with van der Waals surface area (Å²) in [6, 6.07) is 14.2. The number of pyridine rings is 1. The maximum Gasteiger partial charge on any atom is 0.270 e. The zero-order chi connectivity index (χ0) is 34.6. The monoisotopic (exact) mass is 663 g/mol.